The van der Waals surface area contributed by atoms with Gasteiger partial charge in [-0.1, -0.05) is 13.8 Å². The summed E-state index contributed by atoms with van der Waals surface area (Å²) in [7, 11) is 0. The van der Waals surface area contributed by atoms with E-state index in [0.29, 0.717) is 42.8 Å². The van der Waals surface area contributed by atoms with Gasteiger partial charge in [0, 0.05) is 25.6 Å². The number of benzene rings is 1. The van der Waals surface area contributed by atoms with Crippen LogP contribution in [0.3, 0.4) is 0 Å². The van der Waals surface area contributed by atoms with Crippen molar-refractivity contribution in [1.29, 1.82) is 0 Å². The highest BCUT2D eigenvalue weighted by atomic mass is 16.5. The summed E-state index contributed by atoms with van der Waals surface area (Å²) in [4.78, 5) is 19.3. The number of hydrogen-bond donors (Lipinski definition) is 1. The number of fused-ring (bicyclic) bond motifs is 1. The van der Waals surface area contributed by atoms with Gasteiger partial charge in [-0.3, -0.25) is 4.79 Å². The number of carbonyl (C=O) groups is 1. The smallest absolute Gasteiger partial charge is 0.246 e. The Hall–Kier alpha value is -4.21. The van der Waals surface area contributed by atoms with Gasteiger partial charge in [0.05, 0.1) is 11.8 Å². The number of aromatic amines is 1. The first-order valence-corrected chi connectivity index (χ1v) is 12.4. The summed E-state index contributed by atoms with van der Waals surface area (Å²) in [5.74, 6) is 3.68. The number of ether oxygens (including phenoxy) is 1. The monoisotopic (exact) mass is 502 g/mol. The van der Waals surface area contributed by atoms with Gasteiger partial charge in [0.25, 0.3) is 0 Å². The van der Waals surface area contributed by atoms with Crippen LogP contribution < -0.4 is 4.74 Å². The molecule has 10 heteroatoms. The third-order valence-corrected chi connectivity index (χ3v) is 6.38. The van der Waals surface area contributed by atoms with Crippen LogP contribution in [-0.4, -0.2) is 43.0 Å². The standard InChI is InChI=1S/C27H30N6O4/c1-17(2)6-8-25-28-23(18(3)37-25)16-36-24-14-20-15-33(26(34)9-7-21-5-4-12-35-21)11-10-19(20)13-22(24)27-29-31-32-30-27/h4-5,7,9,12-14,17H,6,8,10-11,15-16H2,1-3H3,(H,29,30,31,32)/b9-7+. The molecule has 5 rings (SSSR count). The van der Waals surface area contributed by atoms with E-state index in [0.717, 1.165) is 46.9 Å². The van der Waals surface area contributed by atoms with Crippen molar-refractivity contribution < 1.29 is 18.4 Å². The van der Waals surface area contributed by atoms with Crippen molar-refractivity contribution in [1.82, 2.24) is 30.5 Å². The first-order valence-electron chi connectivity index (χ1n) is 12.4. The summed E-state index contributed by atoms with van der Waals surface area (Å²) in [6.45, 7) is 7.59. The van der Waals surface area contributed by atoms with Gasteiger partial charge >= 0.3 is 0 Å². The molecule has 0 spiro atoms. The fraction of sp³-hybridized carbons (Fsp3) is 0.370. The Morgan fingerprint density at radius 3 is 2.95 bits per heavy atom. The molecule has 4 heterocycles. The lowest BCUT2D eigenvalue weighted by Gasteiger charge is -2.29. The van der Waals surface area contributed by atoms with Crippen LogP contribution in [0.4, 0.5) is 0 Å². The Kier molecular flexibility index (Phi) is 7.16. The number of amides is 1. The van der Waals surface area contributed by atoms with Crippen LogP contribution in [0.25, 0.3) is 17.5 Å². The van der Waals surface area contributed by atoms with E-state index in [1.807, 2.05) is 30.0 Å². The fourth-order valence-corrected chi connectivity index (χ4v) is 4.28. The van der Waals surface area contributed by atoms with E-state index in [1.54, 1.807) is 24.5 Å². The molecular weight excluding hydrogens is 472 g/mol. The van der Waals surface area contributed by atoms with Crippen molar-refractivity contribution in [2.24, 2.45) is 5.92 Å². The maximum atomic E-state index is 12.8. The van der Waals surface area contributed by atoms with Crippen molar-refractivity contribution in [3.63, 3.8) is 0 Å². The lowest BCUT2D eigenvalue weighted by molar-refractivity contribution is -0.126. The zero-order valence-corrected chi connectivity index (χ0v) is 21.2. The largest absolute Gasteiger partial charge is 0.486 e. The van der Waals surface area contributed by atoms with E-state index in [4.69, 9.17) is 13.6 Å². The predicted octanol–water partition coefficient (Wildman–Crippen LogP) is 4.52. The highest BCUT2D eigenvalue weighted by molar-refractivity contribution is 5.91. The van der Waals surface area contributed by atoms with Crippen molar-refractivity contribution >= 4 is 12.0 Å². The van der Waals surface area contributed by atoms with Crippen LogP contribution in [0.15, 0.2) is 45.4 Å². The molecule has 0 fully saturated rings. The van der Waals surface area contributed by atoms with Gasteiger partial charge in [-0.2, -0.15) is 5.21 Å². The fourth-order valence-electron chi connectivity index (χ4n) is 4.28. The molecule has 10 nitrogen and oxygen atoms in total. The number of tetrazole rings is 1. The SMILES string of the molecule is Cc1oc(CCC(C)C)nc1COc1cc2c(cc1-c1nn[nH]n1)CCN(C(=O)/C=C/c1ccco1)C2. The molecule has 0 aliphatic carbocycles. The van der Waals surface area contributed by atoms with Crippen LogP contribution in [0, 0.1) is 12.8 Å². The van der Waals surface area contributed by atoms with E-state index in [2.05, 4.69) is 39.5 Å². The van der Waals surface area contributed by atoms with Gasteiger partial charge in [-0.15, -0.1) is 10.2 Å². The maximum Gasteiger partial charge on any atom is 0.246 e. The molecule has 3 aromatic heterocycles. The van der Waals surface area contributed by atoms with E-state index < -0.39 is 0 Å². The summed E-state index contributed by atoms with van der Waals surface area (Å²) >= 11 is 0. The minimum atomic E-state index is -0.0705. The predicted molar refractivity (Wildman–Crippen MR) is 135 cm³/mol. The summed E-state index contributed by atoms with van der Waals surface area (Å²) in [5, 5.41) is 14.5. The first-order chi connectivity index (χ1) is 18.0. The topological polar surface area (TPSA) is 123 Å². The lowest BCUT2D eigenvalue weighted by atomic mass is 9.96. The summed E-state index contributed by atoms with van der Waals surface area (Å²) < 4.78 is 17.4. The average Bonchev–Trinajstić information content (AvgIpc) is 3.67. The zero-order chi connectivity index (χ0) is 25.8. The van der Waals surface area contributed by atoms with Gasteiger partial charge in [-0.05, 0) is 72.4 Å². The second-order valence-electron chi connectivity index (χ2n) is 9.54. The molecular formula is C27H30N6O4. The third-order valence-electron chi connectivity index (χ3n) is 6.38. The lowest BCUT2D eigenvalue weighted by Crippen LogP contribution is -2.34. The Morgan fingerprint density at radius 2 is 2.19 bits per heavy atom. The molecule has 1 N–H and O–H groups in total. The van der Waals surface area contributed by atoms with Gasteiger partial charge in [0.1, 0.15) is 29.6 Å². The number of hydrogen-bond acceptors (Lipinski definition) is 8. The van der Waals surface area contributed by atoms with Crippen molar-refractivity contribution in [3.05, 3.63) is 70.8 Å². The number of H-pyrrole nitrogens is 1. The second kappa shape index (κ2) is 10.8. The number of nitrogens with one attached hydrogen (secondary N) is 1. The Balaban J connectivity index is 1.35. The molecule has 37 heavy (non-hydrogen) atoms. The molecule has 1 aliphatic heterocycles. The van der Waals surface area contributed by atoms with Crippen LogP contribution >= 0.6 is 0 Å². The summed E-state index contributed by atoms with van der Waals surface area (Å²) in [6.07, 6.45) is 7.32. The van der Waals surface area contributed by atoms with Crippen molar-refractivity contribution in [3.8, 4) is 17.1 Å². The Labute approximate surface area is 214 Å². The van der Waals surface area contributed by atoms with E-state index in [1.165, 1.54) is 0 Å². The average molecular weight is 503 g/mol. The number of nitrogens with zero attached hydrogens (tertiary/aromatic N) is 5. The summed E-state index contributed by atoms with van der Waals surface area (Å²) in [6, 6.07) is 7.59. The Bertz CT molecular complexity index is 1370. The number of aromatic nitrogens is 5. The second-order valence-corrected chi connectivity index (χ2v) is 9.54. The van der Waals surface area contributed by atoms with Gasteiger partial charge in [0.15, 0.2) is 5.89 Å². The van der Waals surface area contributed by atoms with Gasteiger partial charge < -0.3 is 18.5 Å². The molecule has 1 aromatic carbocycles. The highest BCUT2D eigenvalue weighted by Crippen LogP contribution is 2.34. The first kappa shape index (κ1) is 24.5. The zero-order valence-electron chi connectivity index (χ0n) is 21.2. The molecule has 192 valence electrons. The van der Waals surface area contributed by atoms with E-state index >= 15 is 0 Å². The normalized spacial score (nSPS) is 13.5. The molecule has 0 unspecified atom stereocenters. The van der Waals surface area contributed by atoms with E-state index in [-0.39, 0.29) is 12.5 Å². The number of oxazole rings is 1. The third kappa shape index (κ3) is 5.79. The molecule has 0 saturated heterocycles. The highest BCUT2D eigenvalue weighted by Gasteiger charge is 2.23. The van der Waals surface area contributed by atoms with Crippen LogP contribution in [0.2, 0.25) is 0 Å². The molecule has 0 saturated carbocycles. The van der Waals surface area contributed by atoms with Gasteiger partial charge in [-0.25, -0.2) is 4.98 Å². The van der Waals surface area contributed by atoms with E-state index in [9.17, 15) is 4.79 Å². The minimum absolute atomic E-state index is 0.0705. The maximum absolute atomic E-state index is 12.8. The number of rotatable bonds is 9. The van der Waals surface area contributed by atoms with Crippen molar-refractivity contribution in [2.75, 3.05) is 6.54 Å². The quantitative estimate of drug-likeness (QED) is 0.331. The molecule has 0 radical (unpaired) electrons. The Morgan fingerprint density at radius 1 is 1.30 bits per heavy atom. The van der Waals surface area contributed by atoms with Gasteiger partial charge in [0.2, 0.25) is 11.7 Å². The summed E-state index contributed by atoms with van der Waals surface area (Å²) in [5.41, 5.74) is 3.64. The molecule has 1 aliphatic rings. The number of furan rings is 1. The molecule has 0 atom stereocenters. The minimum Gasteiger partial charge on any atom is -0.486 e. The molecule has 1 amide bonds. The van der Waals surface area contributed by atoms with Crippen LogP contribution in [-0.2, 0) is 30.8 Å². The van der Waals surface area contributed by atoms with Crippen LogP contribution in [0.5, 0.6) is 5.75 Å². The molecule has 0 bridgehead atoms. The van der Waals surface area contributed by atoms with Crippen LogP contribution in [0.1, 0.15) is 54.5 Å². The number of carbonyl (C=O) groups excluding carboxylic acids is 1. The number of aryl methyl sites for hydroxylation is 2. The van der Waals surface area contributed by atoms with Crippen molar-refractivity contribution in [2.45, 2.75) is 53.2 Å². The molecule has 4 aromatic rings.